The Labute approximate surface area is 240 Å². The Kier molecular flexibility index (Phi) is 9.75. The number of nitrogens with one attached hydrogen (secondary N) is 1. The molecule has 2 fully saturated rings. The number of nitrogens with zero attached hydrogens (tertiary/aromatic N) is 3. The Morgan fingerprint density at radius 1 is 1.08 bits per heavy atom. The first kappa shape index (κ1) is 29.2. The van der Waals surface area contributed by atoms with Crippen LogP contribution in [0.25, 0.3) is 0 Å². The molecule has 0 bridgehead atoms. The number of urea groups is 1. The molecule has 2 heterocycles. The van der Waals surface area contributed by atoms with Crippen LogP contribution in [0.1, 0.15) is 47.5 Å². The number of amides is 3. The molecule has 3 amide bonds. The van der Waals surface area contributed by atoms with Crippen LogP contribution in [-0.4, -0.2) is 91.6 Å². The molecule has 210 valence electrons. The van der Waals surface area contributed by atoms with E-state index in [2.05, 4.69) is 10.2 Å². The molecule has 0 aliphatic carbocycles. The highest BCUT2D eigenvalue weighted by Gasteiger charge is 2.49. The Morgan fingerprint density at radius 3 is 2.44 bits per heavy atom. The van der Waals surface area contributed by atoms with E-state index in [0.29, 0.717) is 61.2 Å². The molecular weight excluding hydrogens is 539 g/mol. The van der Waals surface area contributed by atoms with E-state index in [-0.39, 0.29) is 23.8 Å². The van der Waals surface area contributed by atoms with Crippen molar-refractivity contribution in [3.8, 4) is 0 Å². The number of carbonyl (C=O) groups is 3. The van der Waals surface area contributed by atoms with Crippen LogP contribution in [0.5, 0.6) is 0 Å². The number of halogens is 2. The lowest BCUT2D eigenvalue weighted by molar-refractivity contribution is -0.157. The van der Waals surface area contributed by atoms with Gasteiger partial charge in [0.05, 0.1) is 17.2 Å². The first-order chi connectivity index (χ1) is 18.7. The van der Waals surface area contributed by atoms with Crippen LogP contribution in [0.2, 0.25) is 10.0 Å². The molecule has 10 heteroatoms. The summed E-state index contributed by atoms with van der Waals surface area (Å²) in [5.41, 5.74) is 0.717. The van der Waals surface area contributed by atoms with Crippen molar-refractivity contribution in [3.63, 3.8) is 0 Å². The fourth-order valence-electron chi connectivity index (χ4n) is 5.64. The molecule has 2 aromatic rings. The van der Waals surface area contributed by atoms with Crippen molar-refractivity contribution in [1.82, 2.24) is 20.0 Å². The molecule has 0 unspecified atom stereocenters. The molecule has 2 aliphatic heterocycles. The third kappa shape index (κ3) is 6.68. The fraction of sp³-hybridized carbons (Fsp3) is 0.483. The number of methoxy groups -OCH3 is 1. The van der Waals surface area contributed by atoms with Gasteiger partial charge < -0.3 is 24.8 Å². The number of esters is 1. The number of hydrogen-bond donors (Lipinski definition) is 1. The predicted octanol–water partition coefficient (Wildman–Crippen LogP) is 4.66. The van der Waals surface area contributed by atoms with E-state index >= 15 is 0 Å². The van der Waals surface area contributed by atoms with Crippen LogP contribution in [0.4, 0.5) is 4.79 Å². The first-order valence-corrected chi connectivity index (χ1v) is 14.1. The van der Waals surface area contributed by atoms with E-state index in [4.69, 9.17) is 27.9 Å². The maximum absolute atomic E-state index is 13.1. The van der Waals surface area contributed by atoms with Crippen LogP contribution >= 0.6 is 23.2 Å². The molecule has 39 heavy (non-hydrogen) atoms. The Morgan fingerprint density at radius 2 is 1.79 bits per heavy atom. The average molecular weight is 576 g/mol. The van der Waals surface area contributed by atoms with Crippen molar-refractivity contribution in [2.24, 2.45) is 0 Å². The molecule has 2 saturated heterocycles. The summed E-state index contributed by atoms with van der Waals surface area (Å²) in [5, 5.41) is 3.84. The lowest BCUT2D eigenvalue weighted by Crippen LogP contribution is -2.65. The second-order valence-electron chi connectivity index (χ2n) is 10.3. The van der Waals surface area contributed by atoms with E-state index in [0.717, 1.165) is 24.9 Å². The zero-order valence-electron chi connectivity index (χ0n) is 22.5. The number of ether oxygens (including phenoxy) is 1. The van der Waals surface area contributed by atoms with E-state index in [1.807, 2.05) is 49.5 Å². The maximum atomic E-state index is 13.1. The summed E-state index contributed by atoms with van der Waals surface area (Å²) in [6.45, 7) is 3.76. The van der Waals surface area contributed by atoms with Crippen molar-refractivity contribution in [2.45, 2.75) is 37.1 Å². The van der Waals surface area contributed by atoms with Gasteiger partial charge in [-0.15, -0.1) is 0 Å². The number of rotatable bonds is 9. The van der Waals surface area contributed by atoms with Gasteiger partial charge in [-0.25, -0.2) is 9.59 Å². The topological polar surface area (TPSA) is 82.2 Å². The lowest BCUT2D eigenvalue weighted by Gasteiger charge is -2.47. The molecule has 2 aromatic carbocycles. The Hall–Kier alpha value is -2.81. The third-order valence-corrected chi connectivity index (χ3v) is 8.65. The van der Waals surface area contributed by atoms with Crippen LogP contribution < -0.4 is 5.32 Å². The van der Waals surface area contributed by atoms with Gasteiger partial charge in [0.25, 0.3) is 5.91 Å². The van der Waals surface area contributed by atoms with E-state index < -0.39 is 5.54 Å². The summed E-state index contributed by atoms with van der Waals surface area (Å²) in [7, 11) is 3.20. The van der Waals surface area contributed by atoms with Gasteiger partial charge in [0.2, 0.25) is 0 Å². The molecule has 0 aromatic heterocycles. The molecule has 4 rings (SSSR count). The van der Waals surface area contributed by atoms with Crippen molar-refractivity contribution >= 4 is 41.1 Å². The highest BCUT2D eigenvalue weighted by molar-refractivity contribution is 6.42. The monoisotopic (exact) mass is 574 g/mol. The highest BCUT2D eigenvalue weighted by Crippen LogP contribution is 2.33. The number of carbonyl (C=O) groups excluding carboxylic acids is 3. The highest BCUT2D eigenvalue weighted by atomic mass is 35.5. The third-order valence-electron chi connectivity index (χ3n) is 7.92. The molecule has 0 saturated carbocycles. The number of benzene rings is 2. The Balaban J connectivity index is 1.45. The largest absolute Gasteiger partial charge is 0.467 e. The number of likely N-dealkylation sites (tertiary alicyclic amines) is 1. The first-order valence-electron chi connectivity index (χ1n) is 13.4. The number of likely N-dealkylation sites (N-methyl/N-ethyl adjacent to an activating group) is 1. The van der Waals surface area contributed by atoms with E-state index in [9.17, 15) is 14.4 Å². The summed E-state index contributed by atoms with van der Waals surface area (Å²) < 4.78 is 5.17. The summed E-state index contributed by atoms with van der Waals surface area (Å²) in [5.74, 6) is -0.368. The minimum atomic E-state index is -0.943. The molecule has 0 radical (unpaired) electrons. The van der Waals surface area contributed by atoms with Gasteiger partial charge in [0, 0.05) is 51.3 Å². The average Bonchev–Trinajstić information content (AvgIpc) is 2.96. The SMILES string of the molecule is COC(=O)C1(N2CCCNC2=O)CCN(CC[C@H](CN(C)C(=O)c2ccccc2)c2ccc(Cl)c(Cl)c2)CC1. The molecule has 0 spiro atoms. The smallest absolute Gasteiger partial charge is 0.331 e. The molecule has 1 N–H and O–H groups in total. The number of hydrogen-bond acceptors (Lipinski definition) is 5. The van der Waals surface area contributed by atoms with Gasteiger partial charge in [-0.3, -0.25) is 4.79 Å². The van der Waals surface area contributed by atoms with Gasteiger partial charge in [0.15, 0.2) is 0 Å². The summed E-state index contributed by atoms with van der Waals surface area (Å²) in [6, 6.07) is 14.7. The van der Waals surface area contributed by atoms with Crippen molar-refractivity contribution in [2.75, 3.05) is 53.4 Å². The zero-order chi connectivity index (χ0) is 28.0. The maximum Gasteiger partial charge on any atom is 0.331 e. The molecule has 2 aliphatic rings. The van der Waals surface area contributed by atoms with Crippen LogP contribution in [0.3, 0.4) is 0 Å². The molecule has 1 atom stereocenters. The van der Waals surface area contributed by atoms with Gasteiger partial charge in [-0.05, 0) is 62.1 Å². The minimum Gasteiger partial charge on any atom is -0.467 e. The lowest BCUT2D eigenvalue weighted by atomic mass is 9.84. The molecular formula is C29H36Cl2N4O4. The quantitative estimate of drug-likeness (QED) is 0.440. The minimum absolute atomic E-state index is 0.0255. The summed E-state index contributed by atoms with van der Waals surface area (Å²) in [6.07, 6.45) is 2.60. The zero-order valence-corrected chi connectivity index (χ0v) is 24.0. The molecule has 8 nitrogen and oxygen atoms in total. The standard InChI is InChI=1S/C29H36Cl2N4O4/c1-33(26(36)21-7-4-3-5-8-21)20-23(22-9-10-24(30)25(31)19-22)11-16-34-17-12-29(13-18-34,27(37)39-2)35-15-6-14-32-28(35)38/h3-5,7-10,19,23H,6,11-18,20H2,1-2H3,(H,32,38)/t23-/m1/s1. The van der Waals surface area contributed by atoms with Gasteiger partial charge in [-0.1, -0.05) is 47.5 Å². The fourth-order valence-corrected chi connectivity index (χ4v) is 5.95. The van der Waals surface area contributed by atoms with E-state index in [1.165, 1.54) is 7.11 Å². The second-order valence-corrected chi connectivity index (χ2v) is 11.1. The Bertz CT molecular complexity index is 1170. The van der Waals surface area contributed by atoms with Crippen molar-refractivity contribution < 1.29 is 19.1 Å². The van der Waals surface area contributed by atoms with Crippen LogP contribution in [0, 0.1) is 0 Å². The second kappa shape index (κ2) is 13.0. The van der Waals surface area contributed by atoms with Gasteiger partial charge in [-0.2, -0.15) is 0 Å². The van der Waals surface area contributed by atoms with Gasteiger partial charge in [0.1, 0.15) is 5.54 Å². The van der Waals surface area contributed by atoms with Gasteiger partial charge >= 0.3 is 12.0 Å². The summed E-state index contributed by atoms with van der Waals surface area (Å²) >= 11 is 12.5. The predicted molar refractivity (Wildman–Crippen MR) is 152 cm³/mol. The number of piperidine rings is 1. The van der Waals surface area contributed by atoms with Crippen molar-refractivity contribution in [1.29, 1.82) is 0 Å². The summed E-state index contributed by atoms with van der Waals surface area (Å²) in [4.78, 5) is 44.3. The van der Waals surface area contributed by atoms with Crippen LogP contribution in [0.15, 0.2) is 48.5 Å². The normalized spacial score (nSPS) is 18.3. The van der Waals surface area contributed by atoms with Crippen molar-refractivity contribution in [3.05, 3.63) is 69.7 Å². The van der Waals surface area contributed by atoms with Crippen LogP contribution in [-0.2, 0) is 9.53 Å². The van der Waals surface area contributed by atoms with E-state index in [1.54, 1.807) is 15.9 Å².